The number of aromatic amines is 1. The fourth-order valence-corrected chi connectivity index (χ4v) is 2.72. The Balaban J connectivity index is 2.41. The zero-order chi connectivity index (χ0) is 15.0. The highest BCUT2D eigenvalue weighted by atomic mass is 16.5. The van der Waals surface area contributed by atoms with Gasteiger partial charge in [0.2, 0.25) is 0 Å². The van der Waals surface area contributed by atoms with Crippen LogP contribution in [0.3, 0.4) is 0 Å². The molecule has 0 aliphatic rings. The Morgan fingerprint density at radius 2 is 2.14 bits per heavy atom. The molecule has 2 aromatic heterocycles. The van der Waals surface area contributed by atoms with Gasteiger partial charge >= 0.3 is 0 Å². The van der Waals surface area contributed by atoms with Crippen molar-refractivity contribution in [2.75, 3.05) is 7.11 Å². The number of benzene rings is 1. The van der Waals surface area contributed by atoms with Gasteiger partial charge in [-0.15, -0.1) is 0 Å². The summed E-state index contributed by atoms with van der Waals surface area (Å²) in [5.74, 6) is 0.461. The summed E-state index contributed by atoms with van der Waals surface area (Å²) in [7, 11) is 1.63. The number of ether oxygens (including phenoxy) is 1. The van der Waals surface area contributed by atoms with Crippen molar-refractivity contribution >= 4 is 21.8 Å². The number of fused-ring (bicyclic) bond motifs is 3. The third-order valence-electron chi connectivity index (χ3n) is 3.82. The number of H-pyrrole nitrogens is 1. The number of aromatic nitrogens is 2. The summed E-state index contributed by atoms with van der Waals surface area (Å²) in [4.78, 5) is 7.59. The molecule has 2 heterocycles. The number of nitriles is 1. The van der Waals surface area contributed by atoms with Gasteiger partial charge in [-0.05, 0) is 23.6 Å². The molecule has 1 N–H and O–H groups in total. The predicted molar refractivity (Wildman–Crippen MR) is 83.1 cm³/mol. The van der Waals surface area contributed by atoms with Crippen molar-refractivity contribution in [3.8, 4) is 6.07 Å². The van der Waals surface area contributed by atoms with Gasteiger partial charge in [0.1, 0.15) is 11.8 Å². The molecule has 0 radical (unpaired) electrons. The lowest BCUT2D eigenvalue weighted by Gasteiger charge is -2.07. The van der Waals surface area contributed by atoms with E-state index < -0.39 is 0 Å². The number of methoxy groups -OCH3 is 1. The van der Waals surface area contributed by atoms with Gasteiger partial charge in [-0.2, -0.15) is 5.26 Å². The van der Waals surface area contributed by atoms with Gasteiger partial charge in [0.25, 0.3) is 0 Å². The van der Waals surface area contributed by atoms with E-state index in [9.17, 15) is 5.26 Å². The van der Waals surface area contributed by atoms with E-state index in [4.69, 9.17) is 4.74 Å². The Bertz CT molecular complexity index is 856. The minimum Gasteiger partial charge on any atom is -0.380 e. The molecular weight excluding hydrogens is 262 g/mol. The topological polar surface area (TPSA) is 61.7 Å². The van der Waals surface area contributed by atoms with Crippen molar-refractivity contribution in [3.05, 3.63) is 41.2 Å². The van der Waals surface area contributed by atoms with E-state index >= 15 is 0 Å². The van der Waals surface area contributed by atoms with E-state index in [1.165, 1.54) is 5.56 Å². The molecule has 0 bridgehead atoms. The molecule has 4 heteroatoms. The summed E-state index contributed by atoms with van der Waals surface area (Å²) in [5, 5.41) is 11.4. The number of nitrogens with zero attached hydrogens (tertiary/aromatic N) is 2. The van der Waals surface area contributed by atoms with E-state index in [1.807, 2.05) is 0 Å². The van der Waals surface area contributed by atoms with Gasteiger partial charge in [-0.1, -0.05) is 19.9 Å². The Morgan fingerprint density at radius 3 is 2.81 bits per heavy atom. The first kappa shape index (κ1) is 13.6. The van der Waals surface area contributed by atoms with Crippen molar-refractivity contribution in [1.29, 1.82) is 5.26 Å². The Hall–Kier alpha value is -2.38. The largest absolute Gasteiger partial charge is 0.380 e. The van der Waals surface area contributed by atoms with Gasteiger partial charge in [-0.25, -0.2) is 4.98 Å². The summed E-state index contributed by atoms with van der Waals surface area (Å²) < 4.78 is 5.27. The Labute approximate surface area is 123 Å². The zero-order valence-corrected chi connectivity index (χ0v) is 12.4. The maximum Gasteiger partial charge on any atom is 0.146 e. The second-order valence-electron chi connectivity index (χ2n) is 5.50. The molecule has 0 fully saturated rings. The van der Waals surface area contributed by atoms with E-state index in [-0.39, 0.29) is 0 Å². The van der Waals surface area contributed by atoms with Gasteiger partial charge < -0.3 is 9.72 Å². The lowest BCUT2D eigenvalue weighted by atomic mass is 9.99. The van der Waals surface area contributed by atoms with Crippen LogP contribution < -0.4 is 0 Å². The molecule has 21 heavy (non-hydrogen) atoms. The van der Waals surface area contributed by atoms with Crippen LogP contribution in [-0.4, -0.2) is 17.1 Å². The second kappa shape index (κ2) is 5.19. The van der Waals surface area contributed by atoms with Crippen LogP contribution in [-0.2, 0) is 11.3 Å². The third kappa shape index (κ3) is 2.16. The quantitative estimate of drug-likeness (QED) is 0.792. The molecule has 0 saturated carbocycles. The van der Waals surface area contributed by atoms with Crippen LogP contribution in [0.1, 0.15) is 36.6 Å². The van der Waals surface area contributed by atoms with Crippen LogP contribution in [0.25, 0.3) is 21.8 Å². The average Bonchev–Trinajstić information content (AvgIpc) is 2.85. The SMILES string of the molecule is COCc1c(C#N)ncc2[nH]c3ccc(C(C)C)cc3c12. The smallest absolute Gasteiger partial charge is 0.146 e. The molecule has 0 aliphatic heterocycles. The lowest BCUT2D eigenvalue weighted by molar-refractivity contribution is 0.185. The molecule has 1 aromatic carbocycles. The zero-order valence-electron chi connectivity index (χ0n) is 12.4. The Morgan fingerprint density at radius 1 is 1.33 bits per heavy atom. The van der Waals surface area contributed by atoms with E-state index in [0.717, 1.165) is 27.4 Å². The van der Waals surface area contributed by atoms with Crippen LogP contribution in [0.15, 0.2) is 24.4 Å². The third-order valence-corrected chi connectivity index (χ3v) is 3.82. The monoisotopic (exact) mass is 279 g/mol. The number of pyridine rings is 1. The Kier molecular flexibility index (Phi) is 3.36. The number of nitrogens with one attached hydrogen (secondary N) is 1. The standard InChI is InChI=1S/C17H17N3O/c1-10(2)11-4-5-14-12(6-11)17-13(9-21-3)15(7-18)19-8-16(17)20-14/h4-6,8,10,20H,9H2,1-3H3. The highest BCUT2D eigenvalue weighted by molar-refractivity contribution is 6.09. The van der Waals surface area contributed by atoms with Crippen molar-refractivity contribution in [2.45, 2.75) is 26.4 Å². The van der Waals surface area contributed by atoms with Crippen molar-refractivity contribution in [2.24, 2.45) is 0 Å². The second-order valence-corrected chi connectivity index (χ2v) is 5.50. The maximum absolute atomic E-state index is 9.28. The number of rotatable bonds is 3. The van der Waals surface area contributed by atoms with Crippen LogP contribution in [0.5, 0.6) is 0 Å². The first-order valence-electron chi connectivity index (χ1n) is 6.98. The van der Waals surface area contributed by atoms with Crippen molar-refractivity contribution in [1.82, 2.24) is 9.97 Å². The molecule has 0 saturated heterocycles. The summed E-state index contributed by atoms with van der Waals surface area (Å²) in [5.41, 5.74) is 4.56. The first-order valence-corrected chi connectivity index (χ1v) is 6.98. The predicted octanol–water partition coefficient (Wildman–Crippen LogP) is 3.86. The van der Waals surface area contributed by atoms with Gasteiger partial charge in [0.05, 0.1) is 18.3 Å². The highest BCUT2D eigenvalue weighted by Crippen LogP contribution is 2.31. The van der Waals surface area contributed by atoms with Crippen LogP contribution in [0, 0.1) is 11.3 Å². The van der Waals surface area contributed by atoms with Crippen LogP contribution in [0.2, 0.25) is 0 Å². The molecule has 0 atom stereocenters. The molecule has 3 aromatic rings. The highest BCUT2D eigenvalue weighted by Gasteiger charge is 2.15. The fraction of sp³-hybridized carbons (Fsp3) is 0.294. The fourth-order valence-electron chi connectivity index (χ4n) is 2.72. The van der Waals surface area contributed by atoms with Crippen LogP contribution >= 0.6 is 0 Å². The van der Waals surface area contributed by atoms with E-state index in [2.05, 4.69) is 48.1 Å². The lowest BCUT2D eigenvalue weighted by Crippen LogP contribution is -1.96. The molecule has 106 valence electrons. The number of hydrogen-bond donors (Lipinski definition) is 1. The summed E-state index contributed by atoms with van der Waals surface area (Å²) in [6, 6.07) is 8.58. The molecule has 4 nitrogen and oxygen atoms in total. The summed E-state index contributed by atoms with van der Waals surface area (Å²) in [6.07, 6.45) is 1.72. The first-order chi connectivity index (χ1) is 10.2. The van der Waals surface area contributed by atoms with E-state index in [1.54, 1.807) is 13.3 Å². The normalized spacial score (nSPS) is 11.4. The summed E-state index contributed by atoms with van der Waals surface area (Å²) in [6.45, 7) is 4.73. The average molecular weight is 279 g/mol. The molecule has 0 amide bonds. The van der Waals surface area contributed by atoms with E-state index in [0.29, 0.717) is 18.2 Å². The molecular formula is C17H17N3O. The number of hydrogen-bond acceptors (Lipinski definition) is 3. The van der Waals surface area contributed by atoms with Gasteiger partial charge in [0, 0.05) is 29.0 Å². The van der Waals surface area contributed by atoms with Crippen molar-refractivity contribution in [3.63, 3.8) is 0 Å². The molecule has 0 spiro atoms. The van der Waals surface area contributed by atoms with Gasteiger partial charge in [0.15, 0.2) is 0 Å². The van der Waals surface area contributed by atoms with Gasteiger partial charge in [-0.3, -0.25) is 0 Å². The maximum atomic E-state index is 9.28. The summed E-state index contributed by atoms with van der Waals surface area (Å²) >= 11 is 0. The molecule has 0 unspecified atom stereocenters. The molecule has 0 aliphatic carbocycles. The molecule has 3 rings (SSSR count). The minimum atomic E-state index is 0.381. The van der Waals surface area contributed by atoms with Crippen molar-refractivity contribution < 1.29 is 4.74 Å². The van der Waals surface area contributed by atoms with Crippen LogP contribution in [0.4, 0.5) is 0 Å². The minimum absolute atomic E-state index is 0.381.